The normalized spacial score (nSPS) is 18.7. The lowest BCUT2D eigenvalue weighted by atomic mass is 9.90. The molecule has 2 unspecified atom stereocenters. The van der Waals surface area contributed by atoms with E-state index in [0.717, 1.165) is 124 Å². The highest BCUT2D eigenvalue weighted by molar-refractivity contribution is 6.01. The van der Waals surface area contributed by atoms with Gasteiger partial charge in [-0.05, 0) is 100 Å². The Morgan fingerprint density at radius 3 is 2.20 bits per heavy atom. The Hall–Kier alpha value is -5.28. The number of nitrogens with zero attached hydrogens (tertiary/aromatic N) is 6. The number of halogens is 3. The molecule has 3 saturated heterocycles. The molecule has 0 spiro atoms. The Morgan fingerprint density at radius 2 is 1.53 bits per heavy atom. The summed E-state index contributed by atoms with van der Waals surface area (Å²) in [5, 5.41) is 19.6. The number of imide groups is 1. The number of anilines is 3. The largest absolute Gasteiger partial charge is 0.416 e. The van der Waals surface area contributed by atoms with E-state index in [1.54, 1.807) is 6.07 Å². The second-order valence-corrected chi connectivity index (χ2v) is 16.3. The second kappa shape index (κ2) is 19.0. The molecule has 0 saturated carbocycles. The zero-order chi connectivity index (χ0) is 42.4. The summed E-state index contributed by atoms with van der Waals surface area (Å²) in [6.07, 6.45) is -0.132. The standard InChI is InChI=1S/C45H56F3N9O3/c1-30-36(8-7-9-40(30)45(46,47)48)31(2)50-43-39-28-35(14-15-37(39)32(3)52-53-43)56-24-20-54(21-25-56)18-5-4-6-19-55-22-26-57(27-23-55)42(59)29-49-34-12-10-33(11-13-34)38-16-17-41(58)51-44(38)60/h7-15,28,31,38,49H,4-6,16-27,29H2,1-3H3,(H,50,53)(H,51,58,60). The third kappa shape index (κ3) is 10.4. The predicted octanol–water partition coefficient (Wildman–Crippen LogP) is 6.51. The topological polar surface area (TPSA) is 126 Å². The minimum absolute atomic E-state index is 0.0768. The van der Waals surface area contributed by atoms with Crippen molar-refractivity contribution in [3.05, 3.63) is 88.6 Å². The van der Waals surface area contributed by atoms with Gasteiger partial charge in [0.1, 0.15) is 0 Å². The van der Waals surface area contributed by atoms with Gasteiger partial charge in [0.05, 0.1) is 29.8 Å². The number of alkyl halides is 3. The number of unbranched alkanes of at least 4 members (excludes halogenated alkanes) is 2. The Balaban J connectivity index is 0.799. The van der Waals surface area contributed by atoms with Gasteiger partial charge >= 0.3 is 6.18 Å². The smallest absolute Gasteiger partial charge is 0.376 e. The van der Waals surface area contributed by atoms with Crippen molar-refractivity contribution in [2.45, 2.75) is 71.0 Å². The molecule has 3 fully saturated rings. The first-order valence-corrected chi connectivity index (χ1v) is 21.2. The molecule has 320 valence electrons. The van der Waals surface area contributed by atoms with Crippen LogP contribution in [0.5, 0.6) is 0 Å². The average molecular weight is 828 g/mol. The molecule has 7 rings (SSSR count). The van der Waals surface area contributed by atoms with Crippen LogP contribution in [-0.4, -0.2) is 115 Å². The van der Waals surface area contributed by atoms with Crippen LogP contribution in [0.1, 0.15) is 78.9 Å². The fraction of sp³-hybridized carbons (Fsp3) is 0.489. The molecule has 3 aromatic carbocycles. The summed E-state index contributed by atoms with van der Waals surface area (Å²) in [5.74, 6) is -0.171. The maximum Gasteiger partial charge on any atom is 0.416 e. The molecule has 2 atom stereocenters. The van der Waals surface area contributed by atoms with Crippen molar-refractivity contribution >= 4 is 45.7 Å². The summed E-state index contributed by atoms with van der Waals surface area (Å²) in [5.41, 5.74) is 3.73. The number of rotatable bonds is 14. The zero-order valence-corrected chi connectivity index (χ0v) is 34.8. The first kappa shape index (κ1) is 42.8. The highest BCUT2D eigenvalue weighted by atomic mass is 19.4. The van der Waals surface area contributed by atoms with Crippen molar-refractivity contribution in [3.63, 3.8) is 0 Å². The van der Waals surface area contributed by atoms with Gasteiger partial charge in [-0.15, -0.1) is 5.10 Å². The molecule has 4 aromatic rings. The molecule has 3 aliphatic rings. The molecule has 4 heterocycles. The SMILES string of the molecule is Cc1c(C(C)Nc2nnc(C)c3ccc(N4CCN(CCCCCN5CCN(C(=O)CNc6ccc(C7CCC(=O)NC7=O)cc6)CC5)CC4)cc23)cccc1C(F)(F)F. The van der Waals surface area contributed by atoms with Gasteiger partial charge < -0.3 is 20.4 Å². The fourth-order valence-corrected chi connectivity index (χ4v) is 8.72. The van der Waals surface area contributed by atoms with E-state index in [-0.39, 0.29) is 35.7 Å². The van der Waals surface area contributed by atoms with Crippen LogP contribution in [0.4, 0.5) is 30.4 Å². The lowest BCUT2D eigenvalue weighted by Crippen LogP contribution is -2.50. The van der Waals surface area contributed by atoms with Gasteiger partial charge in [-0.1, -0.05) is 36.8 Å². The van der Waals surface area contributed by atoms with Gasteiger partial charge in [0.15, 0.2) is 5.82 Å². The number of aromatic nitrogens is 2. The van der Waals surface area contributed by atoms with E-state index in [1.165, 1.54) is 13.0 Å². The molecule has 0 radical (unpaired) electrons. The number of carbonyl (C=O) groups is 3. The van der Waals surface area contributed by atoms with Crippen LogP contribution in [0.15, 0.2) is 60.7 Å². The molecule has 0 aliphatic carbocycles. The average Bonchev–Trinajstić information content (AvgIpc) is 3.24. The Labute approximate surface area is 349 Å². The number of piperazine rings is 2. The van der Waals surface area contributed by atoms with Crippen LogP contribution in [0, 0.1) is 13.8 Å². The molecular weight excluding hydrogens is 772 g/mol. The van der Waals surface area contributed by atoms with Crippen LogP contribution in [-0.2, 0) is 20.6 Å². The van der Waals surface area contributed by atoms with Gasteiger partial charge in [-0.25, -0.2) is 0 Å². The number of benzene rings is 3. The van der Waals surface area contributed by atoms with E-state index < -0.39 is 17.8 Å². The molecule has 60 heavy (non-hydrogen) atoms. The molecule has 0 bridgehead atoms. The molecule has 1 aromatic heterocycles. The molecule has 3 aliphatic heterocycles. The van der Waals surface area contributed by atoms with Crippen LogP contribution < -0.4 is 20.9 Å². The first-order chi connectivity index (χ1) is 28.8. The minimum Gasteiger partial charge on any atom is -0.376 e. The van der Waals surface area contributed by atoms with Crippen molar-refractivity contribution in [2.24, 2.45) is 0 Å². The van der Waals surface area contributed by atoms with Gasteiger partial charge in [-0.2, -0.15) is 18.3 Å². The zero-order valence-electron chi connectivity index (χ0n) is 34.8. The number of aryl methyl sites for hydroxylation is 1. The van der Waals surface area contributed by atoms with Crippen LogP contribution in [0.25, 0.3) is 10.8 Å². The number of fused-ring (bicyclic) bond motifs is 1. The van der Waals surface area contributed by atoms with Gasteiger partial charge in [-0.3, -0.25) is 29.5 Å². The van der Waals surface area contributed by atoms with Crippen LogP contribution >= 0.6 is 0 Å². The molecule has 12 nitrogen and oxygen atoms in total. The molecular formula is C45H56F3N9O3. The van der Waals surface area contributed by atoms with Crippen molar-refractivity contribution < 1.29 is 27.6 Å². The molecule has 15 heteroatoms. The number of hydrogen-bond donors (Lipinski definition) is 3. The van der Waals surface area contributed by atoms with E-state index in [1.807, 2.05) is 43.0 Å². The summed E-state index contributed by atoms with van der Waals surface area (Å²) in [6.45, 7) is 14.6. The monoisotopic (exact) mass is 827 g/mol. The Bertz CT molecular complexity index is 2150. The summed E-state index contributed by atoms with van der Waals surface area (Å²) in [4.78, 5) is 45.9. The van der Waals surface area contributed by atoms with E-state index in [9.17, 15) is 27.6 Å². The molecule has 3 N–H and O–H groups in total. The minimum atomic E-state index is -4.42. The van der Waals surface area contributed by atoms with Crippen molar-refractivity contribution in [1.29, 1.82) is 0 Å². The summed E-state index contributed by atoms with van der Waals surface area (Å²) in [6, 6.07) is 17.7. The second-order valence-electron chi connectivity index (χ2n) is 16.3. The van der Waals surface area contributed by atoms with Crippen molar-refractivity contribution in [3.8, 4) is 0 Å². The van der Waals surface area contributed by atoms with E-state index in [4.69, 9.17) is 0 Å². The Morgan fingerprint density at radius 1 is 0.850 bits per heavy atom. The Kier molecular flexibility index (Phi) is 13.5. The maximum atomic E-state index is 13.6. The number of hydrogen-bond acceptors (Lipinski definition) is 10. The third-order valence-electron chi connectivity index (χ3n) is 12.4. The number of amides is 3. The number of carbonyl (C=O) groups excluding carboxylic acids is 3. The number of piperidine rings is 1. The van der Waals surface area contributed by atoms with Gasteiger partial charge in [0, 0.05) is 80.9 Å². The number of nitrogens with one attached hydrogen (secondary N) is 3. The van der Waals surface area contributed by atoms with Gasteiger partial charge in [0.2, 0.25) is 17.7 Å². The van der Waals surface area contributed by atoms with E-state index in [2.05, 4.69) is 59.0 Å². The predicted molar refractivity (Wildman–Crippen MR) is 228 cm³/mol. The van der Waals surface area contributed by atoms with Crippen LogP contribution in [0.3, 0.4) is 0 Å². The quantitative estimate of drug-likeness (QED) is 0.0958. The highest BCUT2D eigenvalue weighted by Crippen LogP contribution is 2.36. The van der Waals surface area contributed by atoms with Crippen LogP contribution in [0.2, 0.25) is 0 Å². The van der Waals surface area contributed by atoms with Gasteiger partial charge in [0.25, 0.3) is 0 Å². The summed E-state index contributed by atoms with van der Waals surface area (Å²) < 4.78 is 40.9. The summed E-state index contributed by atoms with van der Waals surface area (Å²) >= 11 is 0. The first-order valence-electron chi connectivity index (χ1n) is 21.2. The fourth-order valence-electron chi connectivity index (χ4n) is 8.72. The third-order valence-corrected chi connectivity index (χ3v) is 12.4. The highest BCUT2D eigenvalue weighted by Gasteiger charge is 2.33. The van der Waals surface area contributed by atoms with Crippen molar-refractivity contribution in [1.82, 2.24) is 30.2 Å². The summed E-state index contributed by atoms with van der Waals surface area (Å²) in [7, 11) is 0. The van der Waals surface area contributed by atoms with E-state index >= 15 is 0 Å². The molecule has 3 amide bonds. The maximum absolute atomic E-state index is 13.6. The van der Waals surface area contributed by atoms with E-state index in [0.29, 0.717) is 24.2 Å². The lowest BCUT2D eigenvalue weighted by molar-refractivity contribution is -0.138. The lowest BCUT2D eigenvalue weighted by Gasteiger charge is -2.36. The van der Waals surface area contributed by atoms with Crippen molar-refractivity contribution in [2.75, 3.05) is 87.5 Å².